The monoisotopic (exact) mass is 303 g/mol. The number of carbonyl (C=O) groups excluding carboxylic acids is 1. The highest BCUT2D eigenvalue weighted by Gasteiger charge is 2.17. The van der Waals surface area contributed by atoms with Crippen molar-refractivity contribution in [1.82, 2.24) is 25.2 Å². The summed E-state index contributed by atoms with van der Waals surface area (Å²) in [5.41, 5.74) is 1.00. The number of amides is 1. The minimum absolute atomic E-state index is 0.0272. The van der Waals surface area contributed by atoms with Gasteiger partial charge in [0.05, 0.1) is 19.0 Å². The molecule has 0 radical (unpaired) electrons. The fourth-order valence-corrected chi connectivity index (χ4v) is 2.84. The van der Waals surface area contributed by atoms with Crippen molar-refractivity contribution in [2.45, 2.75) is 51.0 Å². The summed E-state index contributed by atoms with van der Waals surface area (Å²) in [5, 5.41) is 11.0. The van der Waals surface area contributed by atoms with E-state index in [1.807, 2.05) is 13.2 Å². The van der Waals surface area contributed by atoms with Crippen molar-refractivity contribution in [2.24, 2.45) is 7.05 Å². The largest absolute Gasteiger partial charge is 0.353 e. The molecule has 1 aliphatic carbocycles. The zero-order chi connectivity index (χ0) is 15.4. The van der Waals surface area contributed by atoms with Crippen LogP contribution < -0.4 is 5.32 Å². The van der Waals surface area contributed by atoms with Crippen molar-refractivity contribution in [2.75, 3.05) is 0 Å². The van der Waals surface area contributed by atoms with Gasteiger partial charge < -0.3 is 9.84 Å². The number of rotatable bonds is 5. The van der Waals surface area contributed by atoms with E-state index >= 15 is 0 Å². The Morgan fingerprint density at radius 2 is 2.23 bits per heavy atom. The first-order valence-corrected chi connectivity index (χ1v) is 7.77. The number of aryl methyl sites for hydroxylation is 1. The Hall–Kier alpha value is -2.18. The normalized spacial score (nSPS) is 15.9. The van der Waals surface area contributed by atoms with Crippen LogP contribution in [0.4, 0.5) is 0 Å². The molecule has 1 N–H and O–H groups in total. The highest BCUT2D eigenvalue weighted by Crippen LogP contribution is 2.17. The molecule has 2 aromatic rings. The molecule has 7 nitrogen and oxygen atoms in total. The Kier molecular flexibility index (Phi) is 4.50. The maximum Gasteiger partial charge on any atom is 0.231 e. The van der Waals surface area contributed by atoms with Crippen molar-refractivity contribution in [3.05, 3.63) is 29.7 Å². The molecule has 0 aliphatic heterocycles. The number of hydrogen-bond donors (Lipinski definition) is 1. The average Bonchev–Trinajstić information content (AvgIpc) is 3.09. The summed E-state index contributed by atoms with van der Waals surface area (Å²) >= 11 is 0. The van der Waals surface area contributed by atoms with Crippen LogP contribution in [0.15, 0.2) is 16.9 Å². The summed E-state index contributed by atoms with van der Waals surface area (Å²) in [7, 11) is 1.86. The molecule has 7 heteroatoms. The lowest BCUT2D eigenvalue weighted by Crippen LogP contribution is -2.37. The van der Waals surface area contributed by atoms with Crippen LogP contribution in [-0.4, -0.2) is 31.9 Å². The first-order chi connectivity index (χ1) is 10.7. The van der Waals surface area contributed by atoms with Crippen LogP contribution in [-0.2, 0) is 24.7 Å². The molecule has 0 aromatic carbocycles. The fourth-order valence-electron chi connectivity index (χ4n) is 2.84. The second-order valence-electron chi connectivity index (χ2n) is 5.88. The molecule has 0 atom stereocenters. The van der Waals surface area contributed by atoms with Crippen molar-refractivity contribution in [3.8, 4) is 0 Å². The summed E-state index contributed by atoms with van der Waals surface area (Å²) in [5.74, 6) is 0.918. The molecule has 1 fully saturated rings. The van der Waals surface area contributed by atoms with Crippen molar-refractivity contribution in [1.29, 1.82) is 0 Å². The SMILES string of the molecule is Cn1cc(Cc2nc(CC(=O)NC3CCCCC3)no2)cn1. The zero-order valence-electron chi connectivity index (χ0n) is 12.8. The standard InChI is InChI=1S/C15H21N5O2/c1-20-10-11(9-16-20)7-15-18-13(19-22-15)8-14(21)17-12-5-3-2-4-6-12/h9-10,12H,2-8H2,1H3,(H,17,21). The van der Waals surface area contributed by atoms with E-state index in [1.165, 1.54) is 19.3 Å². The molecule has 2 heterocycles. The van der Waals surface area contributed by atoms with Gasteiger partial charge in [-0.3, -0.25) is 9.48 Å². The molecule has 2 aromatic heterocycles. The van der Waals surface area contributed by atoms with Crippen molar-refractivity contribution in [3.63, 3.8) is 0 Å². The van der Waals surface area contributed by atoms with Gasteiger partial charge in [0, 0.05) is 19.3 Å². The molecule has 22 heavy (non-hydrogen) atoms. The lowest BCUT2D eigenvalue weighted by atomic mass is 9.95. The summed E-state index contributed by atoms with van der Waals surface area (Å²) in [6.07, 6.45) is 10.2. The summed E-state index contributed by atoms with van der Waals surface area (Å²) in [6, 6.07) is 0.308. The van der Waals surface area contributed by atoms with Crippen LogP contribution in [0.2, 0.25) is 0 Å². The van der Waals surface area contributed by atoms with Gasteiger partial charge in [-0.05, 0) is 18.4 Å². The summed E-state index contributed by atoms with van der Waals surface area (Å²) in [6.45, 7) is 0. The molecule has 1 amide bonds. The molecular weight excluding hydrogens is 282 g/mol. The molecule has 1 aliphatic rings. The minimum Gasteiger partial charge on any atom is -0.353 e. The summed E-state index contributed by atoms with van der Waals surface area (Å²) in [4.78, 5) is 16.3. The highest BCUT2D eigenvalue weighted by atomic mass is 16.5. The van der Waals surface area contributed by atoms with Crippen LogP contribution in [0, 0.1) is 0 Å². The highest BCUT2D eigenvalue weighted by molar-refractivity contribution is 5.78. The van der Waals surface area contributed by atoms with E-state index < -0.39 is 0 Å². The predicted octanol–water partition coefficient (Wildman–Crippen LogP) is 1.39. The van der Waals surface area contributed by atoms with Crippen molar-refractivity contribution >= 4 is 5.91 Å². The van der Waals surface area contributed by atoms with Gasteiger partial charge in [0.25, 0.3) is 0 Å². The van der Waals surface area contributed by atoms with E-state index in [0.717, 1.165) is 18.4 Å². The molecule has 1 saturated carbocycles. The Labute approximate surface area is 129 Å². The third-order valence-corrected chi connectivity index (χ3v) is 3.91. The molecule has 0 unspecified atom stereocenters. The zero-order valence-corrected chi connectivity index (χ0v) is 12.8. The first kappa shape index (κ1) is 14.7. The van der Waals surface area contributed by atoms with Gasteiger partial charge in [0.1, 0.15) is 0 Å². The summed E-state index contributed by atoms with van der Waals surface area (Å²) < 4.78 is 6.92. The van der Waals surface area contributed by atoms with Crippen LogP contribution in [0.5, 0.6) is 0 Å². The average molecular weight is 303 g/mol. The number of hydrogen-bond acceptors (Lipinski definition) is 5. The molecular formula is C15H21N5O2. The number of nitrogens with one attached hydrogen (secondary N) is 1. The van der Waals surface area contributed by atoms with Gasteiger partial charge in [0.2, 0.25) is 11.8 Å². The van der Waals surface area contributed by atoms with Gasteiger partial charge in [-0.2, -0.15) is 10.1 Å². The molecule has 3 rings (SSSR count). The number of nitrogens with zero attached hydrogens (tertiary/aromatic N) is 4. The third kappa shape index (κ3) is 3.93. The molecule has 0 bridgehead atoms. The predicted molar refractivity (Wildman–Crippen MR) is 79.0 cm³/mol. The Bertz CT molecular complexity index is 627. The minimum atomic E-state index is -0.0272. The maximum absolute atomic E-state index is 12.0. The molecule has 118 valence electrons. The van der Waals surface area contributed by atoms with E-state index in [1.54, 1.807) is 10.9 Å². The van der Waals surface area contributed by atoms with Crippen LogP contribution in [0.3, 0.4) is 0 Å². The van der Waals surface area contributed by atoms with E-state index in [2.05, 4.69) is 20.6 Å². The van der Waals surface area contributed by atoms with Crippen molar-refractivity contribution < 1.29 is 9.32 Å². The van der Waals surface area contributed by atoms with E-state index in [0.29, 0.717) is 24.2 Å². The quantitative estimate of drug-likeness (QED) is 0.902. The fraction of sp³-hybridized carbons (Fsp3) is 0.600. The smallest absolute Gasteiger partial charge is 0.231 e. The van der Waals surface area contributed by atoms with E-state index in [4.69, 9.17) is 4.52 Å². The topological polar surface area (TPSA) is 85.8 Å². The second kappa shape index (κ2) is 6.72. The van der Waals surface area contributed by atoms with Gasteiger partial charge in [-0.1, -0.05) is 24.4 Å². The van der Waals surface area contributed by atoms with Crippen LogP contribution in [0.1, 0.15) is 49.4 Å². The second-order valence-corrected chi connectivity index (χ2v) is 5.88. The van der Waals surface area contributed by atoms with Gasteiger partial charge >= 0.3 is 0 Å². The first-order valence-electron chi connectivity index (χ1n) is 7.77. The van der Waals surface area contributed by atoms with Gasteiger partial charge in [0.15, 0.2) is 5.82 Å². The maximum atomic E-state index is 12.0. The third-order valence-electron chi connectivity index (χ3n) is 3.91. The Morgan fingerprint density at radius 1 is 1.41 bits per heavy atom. The van der Waals surface area contributed by atoms with E-state index in [-0.39, 0.29) is 12.3 Å². The lowest BCUT2D eigenvalue weighted by molar-refractivity contribution is -0.121. The van der Waals surface area contributed by atoms with E-state index in [9.17, 15) is 4.79 Å². The number of aromatic nitrogens is 4. The van der Waals surface area contributed by atoms with Gasteiger partial charge in [-0.25, -0.2) is 0 Å². The van der Waals surface area contributed by atoms with Crippen LogP contribution in [0.25, 0.3) is 0 Å². The Morgan fingerprint density at radius 3 is 2.95 bits per heavy atom. The van der Waals surface area contributed by atoms with Crippen LogP contribution >= 0.6 is 0 Å². The lowest BCUT2D eigenvalue weighted by Gasteiger charge is -2.22. The van der Waals surface area contributed by atoms with Gasteiger partial charge in [-0.15, -0.1) is 0 Å². The number of carbonyl (C=O) groups is 1. The molecule has 0 saturated heterocycles. The Balaban J connectivity index is 1.51. The molecule has 0 spiro atoms.